The van der Waals surface area contributed by atoms with Gasteiger partial charge < -0.3 is 19.4 Å². The van der Waals surface area contributed by atoms with E-state index in [0.29, 0.717) is 21.8 Å². The highest BCUT2D eigenvalue weighted by Crippen LogP contribution is 2.35. The monoisotopic (exact) mass is 364 g/mol. The Labute approximate surface area is 135 Å². The Bertz CT molecular complexity index is 756. The number of rotatable bonds is 2. The summed E-state index contributed by atoms with van der Waals surface area (Å²) < 4.78 is 11.2. The zero-order valence-electron chi connectivity index (χ0n) is 11.9. The molecule has 1 aliphatic heterocycles. The van der Waals surface area contributed by atoms with E-state index in [1.807, 2.05) is 0 Å². The first-order valence-corrected chi connectivity index (χ1v) is 7.40. The minimum Gasteiger partial charge on any atom is -0.479 e. The summed E-state index contributed by atoms with van der Waals surface area (Å²) in [6.45, 7) is 1.70. The van der Waals surface area contributed by atoms with Crippen LogP contribution < -0.4 is 15.0 Å². The zero-order chi connectivity index (χ0) is 15.9. The molecule has 0 radical (unpaired) electrons. The highest BCUT2D eigenvalue weighted by atomic mass is 79.9. The number of carbonyl (C=O) groups excluding carboxylic acids is 2. The summed E-state index contributed by atoms with van der Waals surface area (Å²) in [5, 5.41) is 2.72. The number of likely N-dealkylation sites (N-methyl/N-ethyl adjacent to an activating group) is 1. The molecule has 2 aromatic rings. The molecule has 114 valence electrons. The Morgan fingerprint density at radius 2 is 2.09 bits per heavy atom. The van der Waals surface area contributed by atoms with Crippen LogP contribution in [0, 0.1) is 0 Å². The van der Waals surface area contributed by atoms with Gasteiger partial charge >= 0.3 is 0 Å². The number of amides is 2. The molecule has 0 saturated carbocycles. The van der Waals surface area contributed by atoms with Crippen molar-refractivity contribution in [2.24, 2.45) is 0 Å². The fourth-order valence-corrected chi connectivity index (χ4v) is 2.52. The predicted molar refractivity (Wildman–Crippen MR) is 84.3 cm³/mol. The van der Waals surface area contributed by atoms with E-state index in [1.165, 1.54) is 4.90 Å². The van der Waals surface area contributed by atoms with Crippen LogP contribution in [-0.2, 0) is 4.79 Å². The van der Waals surface area contributed by atoms with Crippen LogP contribution in [-0.4, -0.2) is 25.0 Å². The van der Waals surface area contributed by atoms with Gasteiger partial charge in [0.1, 0.15) is 5.75 Å². The lowest BCUT2D eigenvalue weighted by molar-refractivity contribution is -0.125. The van der Waals surface area contributed by atoms with Crippen LogP contribution in [0.4, 0.5) is 11.4 Å². The number of furan rings is 1. The number of hydrogen-bond acceptors (Lipinski definition) is 4. The van der Waals surface area contributed by atoms with Crippen molar-refractivity contribution in [3.63, 3.8) is 0 Å². The number of anilines is 2. The van der Waals surface area contributed by atoms with Crippen molar-refractivity contribution in [3.8, 4) is 5.75 Å². The molecule has 1 aromatic heterocycles. The van der Waals surface area contributed by atoms with Gasteiger partial charge in [-0.1, -0.05) is 0 Å². The average molecular weight is 365 g/mol. The van der Waals surface area contributed by atoms with Gasteiger partial charge in [-0.2, -0.15) is 0 Å². The number of ether oxygens (including phenoxy) is 1. The second-order valence-corrected chi connectivity index (χ2v) is 5.68. The molecule has 0 aliphatic carbocycles. The van der Waals surface area contributed by atoms with Gasteiger partial charge in [0, 0.05) is 12.7 Å². The van der Waals surface area contributed by atoms with E-state index >= 15 is 0 Å². The highest BCUT2D eigenvalue weighted by molar-refractivity contribution is 9.10. The van der Waals surface area contributed by atoms with E-state index in [2.05, 4.69) is 21.2 Å². The minimum atomic E-state index is -0.515. The lowest BCUT2D eigenvalue weighted by atomic mass is 10.2. The molecule has 1 atom stereocenters. The summed E-state index contributed by atoms with van der Waals surface area (Å²) in [6.07, 6.45) is -0.515. The highest BCUT2D eigenvalue weighted by Gasteiger charge is 2.29. The molecule has 7 heteroatoms. The number of fused-ring (bicyclic) bond motifs is 1. The molecule has 0 saturated heterocycles. The molecule has 0 spiro atoms. The second-order valence-electron chi connectivity index (χ2n) is 4.90. The van der Waals surface area contributed by atoms with Crippen molar-refractivity contribution in [3.05, 3.63) is 40.8 Å². The first-order valence-electron chi connectivity index (χ1n) is 6.60. The number of hydrogen-bond donors (Lipinski definition) is 1. The number of nitrogens with zero attached hydrogens (tertiary/aromatic N) is 1. The summed E-state index contributed by atoms with van der Waals surface area (Å²) in [5.41, 5.74) is 1.16. The van der Waals surface area contributed by atoms with Crippen LogP contribution in [0.1, 0.15) is 17.5 Å². The molecule has 0 bridgehead atoms. The van der Waals surface area contributed by atoms with E-state index in [1.54, 1.807) is 44.3 Å². The molecular weight excluding hydrogens is 352 g/mol. The standard InChI is InChI=1S/C15H13BrN2O4/c1-8-15(20)18(2)10-7-9(3-4-11(10)21-8)17-14(19)12-5-6-13(16)22-12/h3-8H,1-2H3,(H,17,19). The van der Waals surface area contributed by atoms with Crippen LogP contribution in [0.15, 0.2) is 39.4 Å². The Hall–Kier alpha value is -2.28. The lowest BCUT2D eigenvalue weighted by Gasteiger charge is -2.30. The Morgan fingerprint density at radius 3 is 2.77 bits per heavy atom. The summed E-state index contributed by atoms with van der Waals surface area (Å²) in [6, 6.07) is 8.34. The third kappa shape index (κ3) is 2.59. The normalized spacial score (nSPS) is 17.0. The molecule has 0 fully saturated rings. The molecule has 3 rings (SSSR count). The third-order valence-corrected chi connectivity index (χ3v) is 3.78. The zero-order valence-corrected chi connectivity index (χ0v) is 13.5. The molecule has 1 aliphatic rings. The van der Waals surface area contributed by atoms with Gasteiger partial charge in [0.2, 0.25) is 0 Å². The molecule has 1 unspecified atom stereocenters. The predicted octanol–water partition coefficient (Wildman–Crippen LogP) is 3.04. The molecule has 22 heavy (non-hydrogen) atoms. The quantitative estimate of drug-likeness (QED) is 0.888. The summed E-state index contributed by atoms with van der Waals surface area (Å²) in [5.74, 6) is 0.294. The largest absolute Gasteiger partial charge is 0.479 e. The number of nitrogens with one attached hydrogen (secondary N) is 1. The first-order chi connectivity index (χ1) is 10.5. The van der Waals surface area contributed by atoms with Gasteiger partial charge in [-0.15, -0.1) is 0 Å². The van der Waals surface area contributed by atoms with Crippen LogP contribution in [0.2, 0.25) is 0 Å². The fraction of sp³-hybridized carbons (Fsp3) is 0.200. The lowest BCUT2D eigenvalue weighted by Crippen LogP contribution is -2.41. The van der Waals surface area contributed by atoms with Crippen LogP contribution >= 0.6 is 15.9 Å². The van der Waals surface area contributed by atoms with Crippen LogP contribution in [0.3, 0.4) is 0 Å². The second kappa shape index (κ2) is 5.49. The Kier molecular flexibility index (Phi) is 3.66. The van der Waals surface area contributed by atoms with Crippen molar-refractivity contribution in [1.82, 2.24) is 0 Å². The maximum atomic E-state index is 12.1. The summed E-state index contributed by atoms with van der Waals surface area (Å²) in [7, 11) is 1.68. The number of halogens is 1. The maximum absolute atomic E-state index is 12.1. The topological polar surface area (TPSA) is 71.8 Å². The van der Waals surface area contributed by atoms with Gasteiger partial charge in [0.25, 0.3) is 11.8 Å². The smallest absolute Gasteiger partial charge is 0.291 e. The Balaban J connectivity index is 1.85. The third-order valence-electron chi connectivity index (χ3n) is 3.36. The maximum Gasteiger partial charge on any atom is 0.291 e. The van der Waals surface area contributed by atoms with Crippen molar-refractivity contribution < 1.29 is 18.7 Å². The first kappa shape index (κ1) is 14.6. The van der Waals surface area contributed by atoms with Crippen LogP contribution in [0.25, 0.3) is 0 Å². The van der Waals surface area contributed by atoms with E-state index in [-0.39, 0.29) is 17.6 Å². The minimum absolute atomic E-state index is 0.133. The molecule has 1 aromatic carbocycles. The SMILES string of the molecule is CC1Oc2ccc(NC(=O)c3ccc(Br)o3)cc2N(C)C1=O. The van der Waals surface area contributed by atoms with E-state index < -0.39 is 6.10 Å². The number of benzene rings is 1. The molecule has 2 heterocycles. The van der Waals surface area contributed by atoms with Crippen LogP contribution in [0.5, 0.6) is 5.75 Å². The van der Waals surface area contributed by atoms with E-state index in [0.717, 1.165) is 0 Å². The van der Waals surface area contributed by atoms with E-state index in [9.17, 15) is 9.59 Å². The van der Waals surface area contributed by atoms with E-state index in [4.69, 9.17) is 9.15 Å². The van der Waals surface area contributed by atoms with Crippen molar-refractivity contribution >= 4 is 39.1 Å². The van der Waals surface area contributed by atoms with Crippen molar-refractivity contribution in [1.29, 1.82) is 0 Å². The van der Waals surface area contributed by atoms with Gasteiger partial charge in [-0.25, -0.2) is 0 Å². The average Bonchev–Trinajstić information content (AvgIpc) is 2.92. The molecule has 1 N–H and O–H groups in total. The van der Waals surface area contributed by atoms with Crippen molar-refractivity contribution in [2.75, 3.05) is 17.3 Å². The molecular formula is C15H13BrN2O4. The number of carbonyl (C=O) groups is 2. The molecule has 6 nitrogen and oxygen atoms in total. The fourth-order valence-electron chi connectivity index (χ4n) is 2.22. The summed E-state index contributed by atoms with van der Waals surface area (Å²) >= 11 is 3.15. The van der Waals surface area contributed by atoms with Gasteiger partial charge in [0.05, 0.1) is 5.69 Å². The van der Waals surface area contributed by atoms with Crippen molar-refractivity contribution in [2.45, 2.75) is 13.0 Å². The van der Waals surface area contributed by atoms with Gasteiger partial charge in [-0.05, 0) is 53.2 Å². The van der Waals surface area contributed by atoms with Gasteiger partial charge in [0.15, 0.2) is 16.5 Å². The van der Waals surface area contributed by atoms with Gasteiger partial charge in [-0.3, -0.25) is 9.59 Å². The molecule has 2 amide bonds. The summed E-state index contributed by atoms with van der Waals surface area (Å²) in [4.78, 5) is 25.5. The Morgan fingerprint density at radius 1 is 1.32 bits per heavy atom.